The maximum Gasteiger partial charge on any atom is 0.222 e. The maximum atomic E-state index is 6.00. The standard InChI is InChI=1S/C16H14N3O/c1-11-6-7-13-16(20-14-8-9-17-19(13)14)15(11)12-5-3-4-10-18(12)2/h3-10H,1-2H3/q+1. The van der Waals surface area contributed by atoms with Crippen LogP contribution >= 0.6 is 0 Å². The summed E-state index contributed by atoms with van der Waals surface area (Å²) in [5.41, 5.74) is 6.09. The summed E-state index contributed by atoms with van der Waals surface area (Å²) < 4.78 is 9.94. The molecule has 98 valence electrons. The van der Waals surface area contributed by atoms with E-state index < -0.39 is 0 Å². The molecule has 0 bridgehead atoms. The molecule has 0 aliphatic rings. The summed E-state index contributed by atoms with van der Waals surface area (Å²) in [5.74, 6) is 0. The quantitative estimate of drug-likeness (QED) is 0.495. The van der Waals surface area contributed by atoms with E-state index in [1.165, 1.54) is 5.56 Å². The van der Waals surface area contributed by atoms with Crippen LogP contribution in [-0.4, -0.2) is 9.61 Å². The zero-order chi connectivity index (χ0) is 13.7. The van der Waals surface area contributed by atoms with E-state index >= 15 is 0 Å². The molecule has 4 rings (SSSR count). The lowest BCUT2D eigenvalue weighted by molar-refractivity contribution is -0.660. The summed E-state index contributed by atoms with van der Waals surface area (Å²) in [5, 5.41) is 4.31. The van der Waals surface area contributed by atoms with Crippen molar-refractivity contribution >= 4 is 16.8 Å². The summed E-state index contributed by atoms with van der Waals surface area (Å²) in [6.45, 7) is 2.10. The van der Waals surface area contributed by atoms with Crippen molar-refractivity contribution in [2.45, 2.75) is 6.92 Å². The van der Waals surface area contributed by atoms with Crippen molar-refractivity contribution in [2.24, 2.45) is 7.05 Å². The summed E-state index contributed by atoms with van der Waals surface area (Å²) in [4.78, 5) is 0. The second kappa shape index (κ2) is 3.93. The third-order valence-electron chi connectivity index (χ3n) is 3.70. The molecule has 0 aliphatic carbocycles. The zero-order valence-electron chi connectivity index (χ0n) is 11.4. The molecule has 0 unspecified atom stereocenters. The Hall–Kier alpha value is -2.62. The summed E-state index contributed by atoms with van der Waals surface area (Å²) >= 11 is 0. The number of benzene rings is 1. The normalized spacial score (nSPS) is 11.5. The van der Waals surface area contributed by atoms with Gasteiger partial charge in [0.1, 0.15) is 12.6 Å². The Morgan fingerprint density at radius 2 is 2.05 bits per heavy atom. The van der Waals surface area contributed by atoms with Crippen LogP contribution in [0.1, 0.15) is 5.56 Å². The van der Waals surface area contributed by atoms with Crippen LogP contribution < -0.4 is 4.57 Å². The molecule has 0 atom stereocenters. The molecule has 4 nitrogen and oxygen atoms in total. The summed E-state index contributed by atoms with van der Waals surface area (Å²) in [6, 6.07) is 12.2. The predicted molar refractivity (Wildman–Crippen MR) is 76.3 cm³/mol. The van der Waals surface area contributed by atoms with Gasteiger partial charge in [-0.15, -0.1) is 0 Å². The van der Waals surface area contributed by atoms with Crippen LogP contribution in [0.15, 0.2) is 53.2 Å². The number of fused-ring (bicyclic) bond motifs is 3. The number of pyridine rings is 1. The Morgan fingerprint density at radius 1 is 1.15 bits per heavy atom. The SMILES string of the molecule is Cc1ccc2c(oc3ccnn32)c1-c1cccc[n+]1C. The molecule has 0 spiro atoms. The molecule has 0 saturated carbocycles. The minimum atomic E-state index is 0.769. The van der Waals surface area contributed by atoms with Gasteiger partial charge < -0.3 is 4.42 Å². The van der Waals surface area contributed by atoms with Gasteiger partial charge in [0, 0.05) is 18.2 Å². The molecular formula is C16H14N3O+. The van der Waals surface area contributed by atoms with Gasteiger partial charge in [0.2, 0.25) is 11.4 Å². The topological polar surface area (TPSA) is 34.3 Å². The molecule has 0 saturated heterocycles. The van der Waals surface area contributed by atoms with Gasteiger partial charge in [-0.25, -0.2) is 4.57 Å². The zero-order valence-corrected chi connectivity index (χ0v) is 11.4. The lowest BCUT2D eigenvalue weighted by atomic mass is 10.0. The van der Waals surface area contributed by atoms with Crippen molar-refractivity contribution in [3.8, 4) is 11.3 Å². The van der Waals surface area contributed by atoms with Crippen LogP contribution in [0.5, 0.6) is 0 Å². The Labute approximate surface area is 115 Å². The number of aryl methyl sites for hydroxylation is 2. The van der Waals surface area contributed by atoms with Gasteiger partial charge in [0.15, 0.2) is 11.8 Å². The highest BCUT2D eigenvalue weighted by Crippen LogP contribution is 2.32. The fourth-order valence-electron chi connectivity index (χ4n) is 2.70. The molecule has 0 aliphatic heterocycles. The number of hydrogen-bond donors (Lipinski definition) is 0. The summed E-state index contributed by atoms with van der Waals surface area (Å²) in [7, 11) is 2.04. The first-order valence-electron chi connectivity index (χ1n) is 6.56. The van der Waals surface area contributed by atoms with Crippen molar-refractivity contribution < 1.29 is 8.98 Å². The lowest BCUT2D eigenvalue weighted by Crippen LogP contribution is -2.30. The van der Waals surface area contributed by atoms with Crippen molar-refractivity contribution in [1.29, 1.82) is 0 Å². The van der Waals surface area contributed by atoms with Gasteiger partial charge in [-0.1, -0.05) is 6.07 Å². The van der Waals surface area contributed by atoms with Gasteiger partial charge in [0.05, 0.1) is 11.8 Å². The maximum absolute atomic E-state index is 6.00. The van der Waals surface area contributed by atoms with Crippen LogP contribution in [0.25, 0.3) is 28.1 Å². The number of rotatable bonds is 1. The Bertz CT molecular complexity index is 933. The van der Waals surface area contributed by atoms with E-state index in [0.29, 0.717) is 0 Å². The van der Waals surface area contributed by atoms with Gasteiger partial charge in [-0.3, -0.25) is 0 Å². The van der Waals surface area contributed by atoms with Crippen LogP contribution in [0, 0.1) is 6.92 Å². The van der Waals surface area contributed by atoms with Crippen molar-refractivity contribution in [1.82, 2.24) is 9.61 Å². The highest BCUT2D eigenvalue weighted by Gasteiger charge is 2.20. The van der Waals surface area contributed by atoms with E-state index in [0.717, 1.165) is 28.1 Å². The third kappa shape index (κ3) is 1.42. The number of nitrogens with zero attached hydrogens (tertiary/aromatic N) is 3. The van der Waals surface area contributed by atoms with Crippen LogP contribution in [0.3, 0.4) is 0 Å². The average molecular weight is 264 g/mol. The number of oxazole rings is 1. The monoisotopic (exact) mass is 264 g/mol. The third-order valence-corrected chi connectivity index (χ3v) is 3.70. The summed E-state index contributed by atoms with van der Waals surface area (Å²) in [6.07, 6.45) is 3.79. The van der Waals surface area contributed by atoms with E-state index in [1.54, 1.807) is 6.20 Å². The molecule has 1 aromatic carbocycles. The predicted octanol–water partition coefficient (Wildman–Crippen LogP) is 2.88. The van der Waals surface area contributed by atoms with Gasteiger partial charge in [-0.05, 0) is 24.6 Å². The molecule has 0 radical (unpaired) electrons. The first-order chi connectivity index (χ1) is 9.75. The number of aromatic nitrogens is 3. The van der Waals surface area contributed by atoms with Crippen LogP contribution in [0.2, 0.25) is 0 Å². The smallest absolute Gasteiger partial charge is 0.222 e. The van der Waals surface area contributed by atoms with E-state index in [2.05, 4.69) is 34.8 Å². The highest BCUT2D eigenvalue weighted by molar-refractivity contribution is 5.92. The van der Waals surface area contributed by atoms with Crippen molar-refractivity contribution in [3.05, 3.63) is 54.4 Å². The van der Waals surface area contributed by atoms with E-state index in [-0.39, 0.29) is 0 Å². The molecule has 3 heterocycles. The molecule has 0 fully saturated rings. The Kier molecular flexibility index (Phi) is 2.21. The lowest BCUT2D eigenvalue weighted by Gasteiger charge is -2.04. The molecule has 0 N–H and O–H groups in total. The Morgan fingerprint density at radius 3 is 2.90 bits per heavy atom. The average Bonchev–Trinajstić information content (AvgIpc) is 3.00. The fourth-order valence-corrected chi connectivity index (χ4v) is 2.70. The van der Waals surface area contributed by atoms with Gasteiger partial charge in [-0.2, -0.15) is 9.61 Å². The van der Waals surface area contributed by atoms with E-state index in [1.807, 2.05) is 36.0 Å². The molecular weight excluding hydrogens is 250 g/mol. The van der Waals surface area contributed by atoms with Crippen molar-refractivity contribution in [2.75, 3.05) is 0 Å². The molecule has 20 heavy (non-hydrogen) atoms. The second-order valence-corrected chi connectivity index (χ2v) is 4.99. The second-order valence-electron chi connectivity index (χ2n) is 4.99. The van der Waals surface area contributed by atoms with Crippen LogP contribution in [-0.2, 0) is 7.05 Å². The van der Waals surface area contributed by atoms with Crippen LogP contribution in [0.4, 0.5) is 0 Å². The highest BCUT2D eigenvalue weighted by atomic mass is 16.3. The molecule has 4 heteroatoms. The first-order valence-corrected chi connectivity index (χ1v) is 6.56. The number of hydrogen-bond acceptors (Lipinski definition) is 2. The molecule has 4 aromatic rings. The largest absolute Gasteiger partial charge is 0.436 e. The molecule has 3 aromatic heterocycles. The van der Waals surface area contributed by atoms with E-state index in [9.17, 15) is 0 Å². The minimum Gasteiger partial charge on any atom is -0.436 e. The minimum absolute atomic E-state index is 0.769. The Balaban J connectivity index is 2.17. The van der Waals surface area contributed by atoms with Gasteiger partial charge >= 0.3 is 0 Å². The van der Waals surface area contributed by atoms with Gasteiger partial charge in [0.25, 0.3) is 0 Å². The fraction of sp³-hybridized carbons (Fsp3) is 0.125. The van der Waals surface area contributed by atoms with E-state index in [4.69, 9.17) is 4.42 Å². The molecule has 0 amide bonds. The van der Waals surface area contributed by atoms with Crippen molar-refractivity contribution in [3.63, 3.8) is 0 Å². The first kappa shape index (κ1) is 11.2.